The molecule has 0 saturated carbocycles. The molecule has 3 aliphatic heterocycles. The number of halogens is 2. The summed E-state index contributed by atoms with van der Waals surface area (Å²) >= 11 is 0. The first-order chi connectivity index (χ1) is 20.5. The minimum atomic E-state index is -4.30. The lowest BCUT2D eigenvalue weighted by Crippen LogP contribution is -2.59. The number of hydrogen-bond donors (Lipinski definition) is 3. The lowest BCUT2D eigenvalue weighted by molar-refractivity contribution is -0.127. The van der Waals surface area contributed by atoms with Gasteiger partial charge in [-0.25, -0.2) is 17.2 Å². The van der Waals surface area contributed by atoms with Gasteiger partial charge in [-0.05, 0) is 48.7 Å². The van der Waals surface area contributed by atoms with Gasteiger partial charge in [0, 0.05) is 61.8 Å². The van der Waals surface area contributed by atoms with E-state index < -0.39 is 45.2 Å². The third-order valence-corrected chi connectivity index (χ3v) is 10.6. The monoisotopic (exact) mass is 613 g/mol. The third kappa shape index (κ3) is 5.84. The van der Waals surface area contributed by atoms with Gasteiger partial charge < -0.3 is 20.3 Å². The maximum Gasteiger partial charge on any atom is 0.247 e. The molecule has 0 aliphatic carbocycles. The average Bonchev–Trinajstić information content (AvgIpc) is 3.38. The van der Waals surface area contributed by atoms with Gasteiger partial charge in [0.2, 0.25) is 15.9 Å². The van der Waals surface area contributed by atoms with E-state index in [2.05, 4.69) is 10.2 Å². The molecule has 228 valence electrons. The van der Waals surface area contributed by atoms with Crippen molar-refractivity contribution in [1.29, 1.82) is 0 Å². The van der Waals surface area contributed by atoms with Crippen LogP contribution in [0.25, 0.3) is 11.1 Å². The standard InChI is InChI=1S/C31H33F2N3O6S/c32-22-6-7-24(25(33)16-22)20-5-8-29-28(15-20)42-14-11-31(34-30(39)26-17-23(37)19-36(26)43(29,40)41)9-12-35(13-10-31)18-21-3-1-2-4-27(21)38/h1-8,15-16,23,26,37-38H,9-14,17-19H2,(H,34,39)/t23-,26+/m1/s1. The normalized spacial score (nSPS) is 23.9. The van der Waals surface area contributed by atoms with E-state index in [0.717, 1.165) is 22.0 Å². The van der Waals surface area contributed by atoms with E-state index in [1.54, 1.807) is 12.1 Å². The number of carbonyl (C=O) groups is 1. The van der Waals surface area contributed by atoms with Crippen LogP contribution in [0.15, 0.2) is 65.6 Å². The van der Waals surface area contributed by atoms with Crippen molar-refractivity contribution in [3.63, 3.8) is 0 Å². The van der Waals surface area contributed by atoms with Gasteiger partial charge in [0.25, 0.3) is 0 Å². The van der Waals surface area contributed by atoms with E-state index in [9.17, 15) is 32.2 Å². The zero-order valence-electron chi connectivity index (χ0n) is 23.4. The maximum absolute atomic E-state index is 14.6. The highest BCUT2D eigenvalue weighted by Gasteiger charge is 2.47. The number of benzene rings is 3. The van der Waals surface area contributed by atoms with Crippen molar-refractivity contribution in [2.75, 3.05) is 26.2 Å². The van der Waals surface area contributed by atoms with E-state index >= 15 is 0 Å². The Hall–Kier alpha value is -3.58. The number of rotatable bonds is 3. The highest BCUT2D eigenvalue weighted by atomic mass is 32.2. The highest BCUT2D eigenvalue weighted by molar-refractivity contribution is 7.89. The molecule has 3 N–H and O–H groups in total. The Bertz CT molecular complexity index is 1640. The van der Waals surface area contributed by atoms with E-state index in [1.165, 1.54) is 24.3 Å². The van der Waals surface area contributed by atoms with Crippen LogP contribution in [0.3, 0.4) is 0 Å². The number of amides is 1. The zero-order chi connectivity index (χ0) is 30.4. The number of aliphatic hydroxyl groups is 1. The second-order valence-corrected chi connectivity index (χ2v) is 13.4. The van der Waals surface area contributed by atoms with E-state index in [4.69, 9.17) is 4.74 Å². The molecule has 0 radical (unpaired) electrons. The number of likely N-dealkylation sites (tertiary alicyclic amines) is 1. The molecule has 3 aromatic rings. The fourth-order valence-corrected chi connectivity index (χ4v) is 8.05. The zero-order valence-corrected chi connectivity index (χ0v) is 24.2. The number of para-hydroxylation sites is 1. The molecule has 6 rings (SSSR count). The summed E-state index contributed by atoms with van der Waals surface area (Å²) < 4.78 is 63.1. The number of sulfonamides is 1. The first kappa shape index (κ1) is 29.5. The minimum Gasteiger partial charge on any atom is -0.508 e. The van der Waals surface area contributed by atoms with Gasteiger partial charge >= 0.3 is 0 Å². The molecule has 2 saturated heterocycles. The molecule has 0 bridgehead atoms. The summed E-state index contributed by atoms with van der Waals surface area (Å²) in [5.41, 5.74) is 0.499. The Labute approximate surface area is 248 Å². The van der Waals surface area contributed by atoms with Crippen LogP contribution in [0.5, 0.6) is 11.5 Å². The van der Waals surface area contributed by atoms with Crippen LogP contribution in [0.4, 0.5) is 8.78 Å². The predicted octanol–water partition coefficient (Wildman–Crippen LogP) is 3.39. The van der Waals surface area contributed by atoms with Gasteiger partial charge in [-0.3, -0.25) is 9.69 Å². The van der Waals surface area contributed by atoms with E-state index in [1.807, 2.05) is 12.1 Å². The minimum absolute atomic E-state index is 0.0112. The fourth-order valence-electron chi connectivity index (χ4n) is 6.30. The molecule has 0 unspecified atom stereocenters. The van der Waals surface area contributed by atoms with Crippen molar-refractivity contribution in [2.24, 2.45) is 0 Å². The number of ether oxygens (including phenoxy) is 1. The summed E-state index contributed by atoms with van der Waals surface area (Å²) in [5.74, 6) is -1.79. The third-order valence-electron chi connectivity index (χ3n) is 8.73. The molecule has 2 fully saturated rings. The van der Waals surface area contributed by atoms with E-state index in [0.29, 0.717) is 44.5 Å². The molecule has 0 aromatic heterocycles. The predicted molar refractivity (Wildman–Crippen MR) is 154 cm³/mol. The molecule has 1 spiro atoms. The second kappa shape index (κ2) is 11.5. The van der Waals surface area contributed by atoms with Crippen molar-refractivity contribution < 1.29 is 36.9 Å². The van der Waals surface area contributed by atoms with Gasteiger partial charge in [0.15, 0.2) is 0 Å². The Kier molecular flexibility index (Phi) is 7.88. The van der Waals surface area contributed by atoms with Crippen LogP contribution in [-0.2, 0) is 21.4 Å². The summed E-state index contributed by atoms with van der Waals surface area (Å²) in [7, 11) is -4.30. The van der Waals surface area contributed by atoms with Crippen LogP contribution >= 0.6 is 0 Å². The molecule has 3 heterocycles. The van der Waals surface area contributed by atoms with Crippen LogP contribution in [-0.4, -0.2) is 77.7 Å². The van der Waals surface area contributed by atoms with Gasteiger partial charge in [0.1, 0.15) is 34.1 Å². The highest BCUT2D eigenvalue weighted by Crippen LogP contribution is 2.38. The molecule has 2 atom stereocenters. The number of phenolic OH excluding ortho intramolecular Hbond substituents is 1. The number of hydrogen-bond acceptors (Lipinski definition) is 7. The van der Waals surface area contributed by atoms with Crippen molar-refractivity contribution in [2.45, 2.75) is 54.8 Å². The lowest BCUT2D eigenvalue weighted by Gasteiger charge is -2.43. The molecule has 1 amide bonds. The number of phenols is 1. The number of aliphatic hydroxyl groups excluding tert-OH is 1. The van der Waals surface area contributed by atoms with Gasteiger partial charge in [0.05, 0.1) is 12.7 Å². The number of piperidine rings is 1. The first-order valence-electron chi connectivity index (χ1n) is 14.3. The molecule has 12 heteroatoms. The Balaban J connectivity index is 1.32. The summed E-state index contributed by atoms with van der Waals surface area (Å²) in [4.78, 5) is 15.7. The average molecular weight is 614 g/mol. The summed E-state index contributed by atoms with van der Waals surface area (Å²) in [6.45, 7) is 1.60. The van der Waals surface area contributed by atoms with Crippen LogP contribution < -0.4 is 10.1 Å². The number of nitrogens with zero attached hydrogens (tertiary/aromatic N) is 2. The SMILES string of the molecule is O=C1NC2(CCOc3cc(-c4ccc(F)cc4F)ccc3S(=O)(=O)N3C[C@H](O)C[C@@H]13)CCN(Cc1ccccc1O)CC2. The van der Waals surface area contributed by atoms with Crippen molar-refractivity contribution in [3.8, 4) is 22.6 Å². The number of carbonyl (C=O) groups excluding carboxylic acids is 1. The second-order valence-electron chi connectivity index (χ2n) is 11.5. The Morgan fingerprint density at radius 2 is 1.79 bits per heavy atom. The largest absolute Gasteiger partial charge is 0.508 e. The van der Waals surface area contributed by atoms with Gasteiger partial charge in [-0.1, -0.05) is 24.3 Å². The van der Waals surface area contributed by atoms with Crippen LogP contribution in [0.2, 0.25) is 0 Å². The van der Waals surface area contributed by atoms with Crippen LogP contribution in [0, 0.1) is 11.6 Å². The topological polar surface area (TPSA) is 119 Å². The Morgan fingerprint density at radius 3 is 2.53 bits per heavy atom. The number of nitrogens with one attached hydrogen (secondary N) is 1. The summed E-state index contributed by atoms with van der Waals surface area (Å²) in [5, 5.41) is 23.8. The smallest absolute Gasteiger partial charge is 0.247 e. The van der Waals surface area contributed by atoms with Crippen molar-refractivity contribution in [1.82, 2.24) is 14.5 Å². The summed E-state index contributed by atoms with van der Waals surface area (Å²) in [6.07, 6.45) is 0.432. The molecular weight excluding hydrogens is 580 g/mol. The van der Waals surface area contributed by atoms with Gasteiger partial charge in [-0.15, -0.1) is 0 Å². The summed E-state index contributed by atoms with van der Waals surface area (Å²) in [6, 6.07) is 13.3. The van der Waals surface area contributed by atoms with Crippen LogP contribution in [0.1, 0.15) is 31.2 Å². The molecular formula is C31H33F2N3O6S. The maximum atomic E-state index is 14.6. The molecule has 9 nitrogen and oxygen atoms in total. The van der Waals surface area contributed by atoms with Gasteiger partial charge in [-0.2, -0.15) is 4.31 Å². The molecule has 3 aliphatic rings. The van der Waals surface area contributed by atoms with Crippen molar-refractivity contribution in [3.05, 3.63) is 77.9 Å². The first-order valence-corrected chi connectivity index (χ1v) is 15.7. The van der Waals surface area contributed by atoms with Crippen molar-refractivity contribution >= 4 is 15.9 Å². The Morgan fingerprint density at radius 1 is 1.02 bits per heavy atom. The lowest BCUT2D eigenvalue weighted by atomic mass is 9.84. The molecule has 3 aromatic carbocycles. The quantitative estimate of drug-likeness (QED) is 0.415. The fraction of sp³-hybridized carbons (Fsp3) is 0.387. The number of fused-ring (bicyclic) bond motifs is 2. The molecule has 43 heavy (non-hydrogen) atoms. The van der Waals surface area contributed by atoms with E-state index in [-0.39, 0.29) is 41.5 Å². The number of aromatic hydroxyl groups is 1.